The van der Waals surface area contributed by atoms with Crippen molar-refractivity contribution in [3.63, 3.8) is 0 Å². The van der Waals surface area contributed by atoms with Gasteiger partial charge in [0.25, 0.3) is 0 Å². The molecule has 2 bridgehead atoms. The summed E-state index contributed by atoms with van der Waals surface area (Å²) in [5.41, 5.74) is -1.86. The molecule has 0 spiro atoms. The fourth-order valence-corrected chi connectivity index (χ4v) is 6.43. The number of alkyl halides is 3. The van der Waals surface area contributed by atoms with E-state index in [-0.39, 0.29) is 18.2 Å². The van der Waals surface area contributed by atoms with Gasteiger partial charge in [-0.2, -0.15) is 13.2 Å². The predicted octanol–water partition coefficient (Wildman–Crippen LogP) is 1.92. The Morgan fingerprint density at radius 3 is 2.72 bits per heavy atom. The van der Waals surface area contributed by atoms with Crippen LogP contribution in [0.15, 0.2) is 18.2 Å². The third kappa shape index (κ3) is 2.26. The van der Waals surface area contributed by atoms with Crippen LogP contribution in [0.25, 0.3) is 4.85 Å². The molecular formula is C15H13F3N2O4S. The van der Waals surface area contributed by atoms with Gasteiger partial charge in [-0.05, 0) is 12.1 Å². The van der Waals surface area contributed by atoms with E-state index in [4.69, 9.17) is 11.3 Å². The molecule has 1 aromatic rings. The van der Waals surface area contributed by atoms with E-state index in [2.05, 4.69) is 4.85 Å². The standard InChI is InChI=1S/C15H13F3N2O4S/c1-19-10-3-2-7(4-9(10)15(16,17)18)20-6-8-12-5-11(21)13(24-12)14(8)25(20,22)23/h2-4,8,11-14,21H,5-6H2/t8-,11+,12+,13+,14-/m0/s1. The lowest BCUT2D eigenvalue weighted by atomic mass is 9.87. The van der Waals surface area contributed by atoms with Crippen molar-refractivity contribution in [2.75, 3.05) is 10.8 Å². The van der Waals surface area contributed by atoms with E-state index in [1.165, 1.54) is 6.07 Å². The van der Waals surface area contributed by atoms with Crippen molar-refractivity contribution in [2.24, 2.45) is 5.92 Å². The molecule has 3 fully saturated rings. The van der Waals surface area contributed by atoms with E-state index in [9.17, 15) is 26.7 Å². The van der Waals surface area contributed by atoms with Gasteiger partial charge >= 0.3 is 6.18 Å². The molecule has 1 N–H and O–H groups in total. The molecule has 5 atom stereocenters. The van der Waals surface area contributed by atoms with Crippen molar-refractivity contribution >= 4 is 21.4 Å². The Kier molecular flexibility index (Phi) is 3.39. The first-order valence-corrected chi connectivity index (χ1v) is 9.08. The summed E-state index contributed by atoms with van der Waals surface area (Å²) in [7, 11) is -3.96. The average Bonchev–Trinajstić information content (AvgIpc) is 3.15. The number of aliphatic hydroxyl groups excluding tert-OH is 1. The molecule has 25 heavy (non-hydrogen) atoms. The molecule has 6 nitrogen and oxygen atoms in total. The van der Waals surface area contributed by atoms with E-state index < -0.39 is 51.0 Å². The van der Waals surface area contributed by atoms with E-state index in [0.29, 0.717) is 12.5 Å². The number of sulfonamides is 1. The van der Waals surface area contributed by atoms with Crippen LogP contribution in [-0.4, -0.2) is 43.6 Å². The maximum Gasteiger partial charge on any atom is 0.407 e. The van der Waals surface area contributed by atoms with Crippen LogP contribution in [0, 0.1) is 12.5 Å². The lowest BCUT2D eigenvalue weighted by Crippen LogP contribution is -2.42. The van der Waals surface area contributed by atoms with Crippen LogP contribution in [0.4, 0.5) is 24.5 Å². The number of halogens is 3. The molecule has 4 rings (SSSR count). The van der Waals surface area contributed by atoms with Crippen molar-refractivity contribution in [2.45, 2.75) is 36.2 Å². The summed E-state index contributed by atoms with van der Waals surface area (Å²) < 4.78 is 71.5. The Morgan fingerprint density at radius 1 is 1.36 bits per heavy atom. The topological polar surface area (TPSA) is 71.2 Å². The Morgan fingerprint density at radius 2 is 2.08 bits per heavy atom. The number of ether oxygens (including phenoxy) is 1. The van der Waals surface area contributed by atoms with E-state index in [1.54, 1.807) is 0 Å². The zero-order valence-electron chi connectivity index (χ0n) is 12.6. The van der Waals surface area contributed by atoms with Gasteiger partial charge in [0.05, 0.1) is 24.3 Å². The number of aliphatic hydroxyl groups is 1. The van der Waals surface area contributed by atoms with Gasteiger partial charge < -0.3 is 9.84 Å². The van der Waals surface area contributed by atoms with Gasteiger partial charge in [-0.15, -0.1) is 0 Å². The SMILES string of the molecule is [C-]#[N+]c1ccc(N2C[C@@H]3[C@@H]([C@@H]4O[C@@H]3C[C@H]4O)S2(=O)=O)cc1C(F)(F)F. The highest BCUT2D eigenvalue weighted by molar-refractivity contribution is 7.93. The van der Waals surface area contributed by atoms with Crippen LogP contribution in [-0.2, 0) is 20.9 Å². The number of hydrogen-bond donors (Lipinski definition) is 1. The molecule has 1 aromatic carbocycles. The van der Waals surface area contributed by atoms with Crippen LogP contribution in [0.5, 0.6) is 0 Å². The summed E-state index contributed by atoms with van der Waals surface area (Å²) in [6.07, 6.45) is -6.55. The summed E-state index contributed by atoms with van der Waals surface area (Å²) in [6.45, 7) is 6.87. The van der Waals surface area contributed by atoms with Crippen LogP contribution in [0.1, 0.15) is 12.0 Å². The first-order valence-electron chi connectivity index (χ1n) is 7.58. The zero-order valence-corrected chi connectivity index (χ0v) is 13.5. The third-order valence-electron chi connectivity index (χ3n) is 5.13. The number of hydrogen-bond acceptors (Lipinski definition) is 4. The molecule has 0 aliphatic carbocycles. The highest BCUT2D eigenvalue weighted by Gasteiger charge is 2.64. The Labute approximate surface area is 141 Å². The second-order valence-electron chi connectivity index (χ2n) is 6.46. The van der Waals surface area contributed by atoms with Crippen LogP contribution >= 0.6 is 0 Å². The summed E-state index contributed by atoms with van der Waals surface area (Å²) in [4.78, 5) is 2.85. The molecule has 3 aliphatic heterocycles. The van der Waals surface area contributed by atoms with Crippen molar-refractivity contribution < 1.29 is 31.4 Å². The summed E-state index contributed by atoms with van der Waals surface area (Å²) in [5.74, 6) is -0.381. The predicted molar refractivity (Wildman–Crippen MR) is 80.5 cm³/mol. The normalized spacial score (nSPS) is 35.6. The molecule has 0 unspecified atom stereocenters. The lowest BCUT2D eigenvalue weighted by molar-refractivity contribution is -0.136. The molecule has 3 heterocycles. The monoisotopic (exact) mass is 374 g/mol. The van der Waals surface area contributed by atoms with Gasteiger partial charge in [-0.3, -0.25) is 4.31 Å². The molecule has 10 heteroatoms. The molecule has 3 aliphatic rings. The molecule has 0 saturated carbocycles. The van der Waals surface area contributed by atoms with Crippen molar-refractivity contribution in [3.8, 4) is 0 Å². The number of nitrogens with zero attached hydrogens (tertiary/aromatic N) is 2. The van der Waals surface area contributed by atoms with E-state index in [0.717, 1.165) is 10.4 Å². The quantitative estimate of drug-likeness (QED) is 0.763. The second kappa shape index (κ2) is 5.09. The maximum absolute atomic E-state index is 13.1. The van der Waals surface area contributed by atoms with Gasteiger partial charge in [0, 0.05) is 24.6 Å². The zero-order chi connectivity index (χ0) is 18.1. The number of rotatable bonds is 1. The smallest absolute Gasteiger partial charge is 0.390 e. The van der Waals surface area contributed by atoms with Crippen LogP contribution < -0.4 is 4.31 Å². The second-order valence-corrected chi connectivity index (χ2v) is 8.47. The van der Waals surface area contributed by atoms with E-state index >= 15 is 0 Å². The highest BCUT2D eigenvalue weighted by Crippen LogP contribution is 2.49. The van der Waals surface area contributed by atoms with Gasteiger partial charge in [0.2, 0.25) is 10.0 Å². The van der Waals surface area contributed by atoms with E-state index in [1.807, 2.05) is 0 Å². The van der Waals surface area contributed by atoms with Crippen LogP contribution in [0.3, 0.4) is 0 Å². The van der Waals surface area contributed by atoms with Crippen molar-refractivity contribution in [1.29, 1.82) is 0 Å². The molecule has 0 radical (unpaired) electrons. The number of benzene rings is 1. The maximum atomic E-state index is 13.1. The fraction of sp³-hybridized carbons (Fsp3) is 0.533. The Balaban J connectivity index is 1.76. The number of anilines is 1. The summed E-state index contributed by atoms with van der Waals surface area (Å²) in [5, 5.41) is 8.94. The molecule has 134 valence electrons. The molecular weight excluding hydrogens is 361 g/mol. The van der Waals surface area contributed by atoms with Gasteiger partial charge in [-0.25, -0.2) is 13.3 Å². The average molecular weight is 374 g/mol. The first kappa shape index (κ1) is 16.6. The van der Waals surface area contributed by atoms with Gasteiger partial charge in [0.15, 0.2) is 5.69 Å². The van der Waals surface area contributed by atoms with Gasteiger partial charge in [-0.1, -0.05) is 6.07 Å². The number of fused-ring (bicyclic) bond motifs is 5. The summed E-state index contributed by atoms with van der Waals surface area (Å²) in [6, 6.07) is 2.89. The van der Waals surface area contributed by atoms with Crippen molar-refractivity contribution in [1.82, 2.24) is 0 Å². The molecule has 0 aromatic heterocycles. The third-order valence-corrected chi connectivity index (χ3v) is 7.41. The highest BCUT2D eigenvalue weighted by atomic mass is 32.2. The minimum atomic E-state index is -4.76. The minimum absolute atomic E-state index is 0.00947. The lowest BCUT2D eigenvalue weighted by Gasteiger charge is -2.23. The van der Waals surface area contributed by atoms with Gasteiger partial charge in [0.1, 0.15) is 11.4 Å². The summed E-state index contributed by atoms with van der Waals surface area (Å²) >= 11 is 0. The molecule has 3 saturated heterocycles. The Bertz CT molecular complexity index is 880. The first-order chi connectivity index (χ1) is 11.6. The molecule has 0 amide bonds. The Hall–Kier alpha value is -1.83. The fourth-order valence-electron chi connectivity index (χ4n) is 4.06. The van der Waals surface area contributed by atoms with Crippen molar-refractivity contribution in [3.05, 3.63) is 35.2 Å². The largest absolute Gasteiger partial charge is 0.407 e. The minimum Gasteiger partial charge on any atom is -0.390 e. The van der Waals surface area contributed by atoms with Crippen LogP contribution in [0.2, 0.25) is 0 Å².